The van der Waals surface area contributed by atoms with Crippen molar-refractivity contribution in [3.05, 3.63) is 0 Å². The predicted molar refractivity (Wildman–Crippen MR) is 60.1 cm³/mol. The van der Waals surface area contributed by atoms with Crippen LogP contribution in [0.5, 0.6) is 0 Å². The van der Waals surface area contributed by atoms with Gasteiger partial charge in [-0.2, -0.15) is 0 Å². The number of rotatable bonds is 2. The van der Waals surface area contributed by atoms with Gasteiger partial charge in [0.05, 0.1) is 0 Å². The number of hydrogen-bond acceptors (Lipinski definition) is 3. The van der Waals surface area contributed by atoms with E-state index in [1.54, 1.807) is 6.92 Å². The Morgan fingerprint density at radius 2 is 2.06 bits per heavy atom. The standard InChI is InChI=1S/C10H18N2O.CH2O2/c1-8(13)11-9-3-2-6-12(7-9)10-4-5-10;2-1-3/h9-10H,2-7H2,1H3,(H,11,13);1H,(H,2,3). The molecule has 1 unspecified atom stereocenters. The first-order valence-electron chi connectivity index (χ1n) is 5.76. The Hall–Kier alpha value is -1.10. The van der Waals surface area contributed by atoms with Gasteiger partial charge < -0.3 is 10.4 Å². The van der Waals surface area contributed by atoms with Gasteiger partial charge in [-0.3, -0.25) is 14.5 Å². The SMILES string of the molecule is CC(=O)NC1CCCN(C2CC2)C1.O=CO. The van der Waals surface area contributed by atoms with Gasteiger partial charge in [0.2, 0.25) is 5.91 Å². The van der Waals surface area contributed by atoms with Gasteiger partial charge in [-0.15, -0.1) is 0 Å². The molecule has 1 atom stereocenters. The number of likely N-dealkylation sites (tertiary alicyclic amines) is 1. The van der Waals surface area contributed by atoms with E-state index in [1.807, 2.05) is 0 Å². The van der Waals surface area contributed by atoms with Crippen LogP contribution in [-0.4, -0.2) is 47.6 Å². The summed E-state index contributed by atoms with van der Waals surface area (Å²) in [6, 6.07) is 1.25. The Morgan fingerprint density at radius 3 is 2.56 bits per heavy atom. The van der Waals surface area contributed by atoms with E-state index in [-0.39, 0.29) is 12.4 Å². The minimum atomic E-state index is -0.250. The summed E-state index contributed by atoms with van der Waals surface area (Å²) >= 11 is 0. The molecule has 1 saturated heterocycles. The number of nitrogens with zero attached hydrogens (tertiary/aromatic N) is 1. The third-order valence-corrected chi connectivity index (χ3v) is 2.92. The molecule has 0 bridgehead atoms. The van der Waals surface area contributed by atoms with E-state index in [4.69, 9.17) is 9.90 Å². The summed E-state index contributed by atoms with van der Waals surface area (Å²) in [6.07, 6.45) is 5.13. The highest BCUT2D eigenvalue weighted by atomic mass is 16.3. The van der Waals surface area contributed by atoms with Crippen LogP contribution in [-0.2, 0) is 9.59 Å². The molecule has 1 heterocycles. The molecule has 16 heavy (non-hydrogen) atoms. The number of amides is 1. The lowest BCUT2D eigenvalue weighted by Crippen LogP contribution is -2.47. The molecule has 0 spiro atoms. The van der Waals surface area contributed by atoms with E-state index in [2.05, 4.69) is 10.2 Å². The van der Waals surface area contributed by atoms with Crippen LogP contribution in [0.25, 0.3) is 0 Å². The van der Waals surface area contributed by atoms with Gasteiger partial charge in [0.25, 0.3) is 6.47 Å². The zero-order chi connectivity index (χ0) is 12.0. The maximum absolute atomic E-state index is 10.9. The second kappa shape index (κ2) is 6.48. The Morgan fingerprint density at radius 1 is 1.44 bits per heavy atom. The Kier molecular flexibility index (Phi) is 5.25. The van der Waals surface area contributed by atoms with E-state index >= 15 is 0 Å². The molecule has 0 radical (unpaired) electrons. The van der Waals surface area contributed by atoms with Gasteiger partial charge >= 0.3 is 0 Å². The van der Waals surface area contributed by atoms with Crippen LogP contribution in [0.2, 0.25) is 0 Å². The third-order valence-electron chi connectivity index (χ3n) is 2.92. The average molecular weight is 228 g/mol. The molecule has 0 aromatic heterocycles. The maximum Gasteiger partial charge on any atom is 0.290 e. The van der Waals surface area contributed by atoms with Gasteiger partial charge in [0.15, 0.2) is 0 Å². The van der Waals surface area contributed by atoms with Crippen LogP contribution < -0.4 is 5.32 Å². The van der Waals surface area contributed by atoms with Gasteiger partial charge in [0, 0.05) is 25.6 Å². The van der Waals surface area contributed by atoms with E-state index in [1.165, 1.54) is 25.8 Å². The number of hydrogen-bond donors (Lipinski definition) is 2. The highest BCUT2D eigenvalue weighted by Gasteiger charge is 2.32. The van der Waals surface area contributed by atoms with E-state index in [0.717, 1.165) is 19.0 Å². The van der Waals surface area contributed by atoms with Crippen molar-refractivity contribution < 1.29 is 14.7 Å². The lowest BCUT2D eigenvalue weighted by molar-refractivity contribution is -0.123. The molecular weight excluding hydrogens is 208 g/mol. The minimum absolute atomic E-state index is 0.114. The molecular formula is C11H20N2O3. The molecule has 1 aliphatic heterocycles. The van der Waals surface area contributed by atoms with Crippen molar-refractivity contribution in [1.82, 2.24) is 10.2 Å². The van der Waals surface area contributed by atoms with Crippen LogP contribution in [0.4, 0.5) is 0 Å². The third kappa shape index (κ3) is 4.61. The fourth-order valence-corrected chi connectivity index (χ4v) is 2.18. The normalized spacial score (nSPS) is 25.2. The van der Waals surface area contributed by atoms with Gasteiger partial charge in [0.1, 0.15) is 0 Å². The predicted octanol–water partition coefficient (Wildman–Crippen LogP) is 0.450. The largest absolute Gasteiger partial charge is 0.483 e. The van der Waals surface area contributed by atoms with Crippen molar-refractivity contribution in [1.29, 1.82) is 0 Å². The quantitative estimate of drug-likeness (QED) is 0.673. The molecule has 2 N–H and O–H groups in total. The summed E-state index contributed by atoms with van der Waals surface area (Å²) in [5.41, 5.74) is 0. The summed E-state index contributed by atoms with van der Waals surface area (Å²) < 4.78 is 0. The molecule has 2 rings (SSSR count). The van der Waals surface area contributed by atoms with E-state index in [9.17, 15) is 4.79 Å². The average Bonchev–Trinajstić information content (AvgIpc) is 3.01. The number of carbonyl (C=O) groups excluding carboxylic acids is 1. The lowest BCUT2D eigenvalue weighted by Gasteiger charge is -2.32. The molecule has 5 heteroatoms. The molecule has 0 aromatic carbocycles. The van der Waals surface area contributed by atoms with Gasteiger partial charge in [-0.05, 0) is 32.2 Å². The zero-order valence-corrected chi connectivity index (χ0v) is 9.69. The minimum Gasteiger partial charge on any atom is -0.483 e. The van der Waals surface area contributed by atoms with Crippen LogP contribution in [0.1, 0.15) is 32.6 Å². The fourth-order valence-electron chi connectivity index (χ4n) is 2.18. The summed E-state index contributed by atoms with van der Waals surface area (Å²) in [4.78, 5) is 21.8. The molecule has 2 fully saturated rings. The molecule has 1 saturated carbocycles. The van der Waals surface area contributed by atoms with Gasteiger partial charge in [-0.25, -0.2) is 0 Å². The highest BCUT2D eigenvalue weighted by Crippen LogP contribution is 2.29. The first-order valence-corrected chi connectivity index (χ1v) is 5.76. The molecule has 92 valence electrons. The van der Waals surface area contributed by atoms with Crippen molar-refractivity contribution >= 4 is 12.4 Å². The second-order valence-electron chi connectivity index (χ2n) is 4.37. The number of carboxylic acid groups (broad SMARTS) is 1. The summed E-state index contributed by atoms with van der Waals surface area (Å²) in [5.74, 6) is 0.114. The van der Waals surface area contributed by atoms with E-state index in [0.29, 0.717) is 6.04 Å². The highest BCUT2D eigenvalue weighted by molar-refractivity contribution is 5.73. The fraction of sp³-hybridized carbons (Fsp3) is 0.818. The number of carbonyl (C=O) groups is 2. The van der Waals surface area contributed by atoms with Crippen LogP contribution in [0.3, 0.4) is 0 Å². The lowest BCUT2D eigenvalue weighted by atomic mass is 10.1. The maximum atomic E-state index is 10.9. The van der Waals surface area contributed by atoms with E-state index < -0.39 is 0 Å². The molecule has 0 aromatic rings. The molecule has 5 nitrogen and oxygen atoms in total. The van der Waals surface area contributed by atoms with Crippen molar-refractivity contribution in [3.8, 4) is 0 Å². The Labute approximate surface area is 95.8 Å². The second-order valence-corrected chi connectivity index (χ2v) is 4.37. The summed E-state index contributed by atoms with van der Waals surface area (Å²) in [7, 11) is 0. The van der Waals surface area contributed by atoms with Crippen LogP contribution >= 0.6 is 0 Å². The molecule has 1 aliphatic carbocycles. The van der Waals surface area contributed by atoms with Gasteiger partial charge in [-0.1, -0.05) is 0 Å². The number of nitrogens with one attached hydrogen (secondary N) is 1. The van der Waals surface area contributed by atoms with Crippen LogP contribution in [0, 0.1) is 0 Å². The van der Waals surface area contributed by atoms with Crippen molar-refractivity contribution in [2.75, 3.05) is 13.1 Å². The summed E-state index contributed by atoms with van der Waals surface area (Å²) in [5, 5.41) is 9.90. The van der Waals surface area contributed by atoms with Crippen molar-refractivity contribution in [3.63, 3.8) is 0 Å². The van der Waals surface area contributed by atoms with Crippen molar-refractivity contribution in [2.45, 2.75) is 44.7 Å². The molecule has 1 amide bonds. The number of piperidine rings is 1. The van der Waals surface area contributed by atoms with Crippen molar-refractivity contribution in [2.24, 2.45) is 0 Å². The molecule has 2 aliphatic rings. The zero-order valence-electron chi connectivity index (χ0n) is 9.69. The smallest absolute Gasteiger partial charge is 0.290 e. The monoisotopic (exact) mass is 228 g/mol. The Balaban J connectivity index is 0.000000386. The topological polar surface area (TPSA) is 69.6 Å². The summed E-state index contributed by atoms with van der Waals surface area (Å²) in [6.45, 7) is 3.67. The first-order chi connectivity index (χ1) is 7.67. The Bertz CT molecular complexity index is 241. The van der Waals surface area contributed by atoms with Crippen LogP contribution in [0.15, 0.2) is 0 Å². The first kappa shape index (κ1) is 13.0.